The van der Waals surface area contributed by atoms with Gasteiger partial charge >= 0.3 is 0 Å². The van der Waals surface area contributed by atoms with Gasteiger partial charge in [-0.25, -0.2) is 8.42 Å². The maximum absolute atomic E-state index is 12.2. The second-order valence-electron chi connectivity index (χ2n) is 4.71. The van der Waals surface area contributed by atoms with E-state index in [-0.39, 0.29) is 11.2 Å². The highest BCUT2D eigenvalue weighted by atomic mass is 79.9. The number of sulfone groups is 1. The minimum absolute atomic E-state index is 0.00256. The van der Waals surface area contributed by atoms with Crippen LogP contribution in [0.2, 0.25) is 0 Å². The highest BCUT2D eigenvalue weighted by molar-refractivity contribution is 9.09. The van der Waals surface area contributed by atoms with Gasteiger partial charge in [0.2, 0.25) is 0 Å². The fourth-order valence-electron chi connectivity index (χ4n) is 1.79. The summed E-state index contributed by atoms with van der Waals surface area (Å²) in [4.78, 5) is 0.458. The molecule has 0 N–H and O–H groups in total. The minimum atomic E-state index is -3.12. The van der Waals surface area contributed by atoms with E-state index in [1.807, 2.05) is 13.0 Å². The Bertz CT molecular complexity index is 489. The minimum Gasteiger partial charge on any atom is -0.224 e. The zero-order chi connectivity index (χ0) is 11.8. The second-order valence-corrected chi connectivity index (χ2v) is 7.26. The molecule has 1 aliphatic carbocycles. The van der Waals surface area contributed by atoms with E-state index in [4.69, 9.17) is 0 Å². The van der Waals surface area contributed by atoms with Crippen LogP contribution in [0.15, 0.2) is 29.2 Å². The van der Waals surface area contributed by atoms with Crippen molar-refractivity contribution in [2.45, 2.75) is 24.7 Å². The molecule has 0 saturated heterocycles. The molecule has 0 unspecified atom stereocenters. The molecule has 1 fully saturated rings. The lowest BCUT2D eigenvalue weighted by molar-refractivity contribution is 0.572. The van der Waals surface area contributed by atoms with Gasteiger partial charge in [-0.1, -0.05) is 28.1 Å². The molecule has 88 valence electrons. The predicted molar refractivity (Wildman–Crippen MR) is 68.7 cm³/mol. The van der Waals surface area contributed by atoms with E-state index >= 15 is 0 Å². The topological polar surface area (TPSA) is 34.1 Å². The molecule has 16 heavy (non-hydrogen) atoms. The van der Waals surface area contributed by atoms with E-state index in [1.165, 1.54) is 0 Å². The van der Waals surface area contributed by atoms with Crippen molar-refractivity contribution in [2.24, 2.45) is 5.41 Å². The molecule has 2 rings (SSSR count). The summed E-state index contributed by atoms with van der Waals surface area (Å²) in [5, 5.41) is 0.783. The van der Waals surface area contributed by atoms with Crippen molar-refractivity contribution >= 4 is 25.8 Å². The van der Waals surface area contributed by atoms with Crippen molar-refractivity contribution in [1.82, 2.24) is 0 Å². The average Bonchev–Trinajstić information content (AvgIpc) is 2.98. The number of halogens is 1. The second kappa shape index (κ2) is 4.15. The molecule has 0 atom stereocenters. The van der Waals surface area contributed by atoms with Gasteiger partial charge in [0, 0.05) is 5.33 Å². The summed E-state index contributed by atoms with van der Waals surface area (Å²) >= 11 is 3.41. The molecule has 0 radical (unpaired) electrons. The largest absolute Gasteiger partial charge is 0.224 e. The number of hydrogen-bond donors (Lipinski definition) is 0. The van der Waals surface area contributed by atoms with Crippen molar-refractivity contribution in [3.8, 4) is 0 Å². The third-order valence-electron chi connectivity index (χ3n) is 3.09. The molecule has 0 aliphatic heterocycles. The quantitative estimate of drug-likeness (QED) is 0.801. The highest BCUT2D eigenvalue weighted by Crippen LogP contribution is 2.48. The van der Waals surface area contributed by atoms with Crippen molar-refractivity contribution in [3.05, 3.63) is 29.8 Å². The number of benzene rings is 1. The van der Waals surface area contributed by atoms with Gasteiger partial charge in [0.15, 0.2) is 9.84 Å². The molecule has 0 amide bonds. The van der Waals surface area contributed by atoms with Gasteiger partial charge < -0.3 is 0 Å². The molecular weight excluding hydrogens is 288 g/mol. The predicted octanol–water partition coefficient (Wildman–Crippen LogP) is 2.94. The van der Waals surface area contributed by atoms with Gasteiger partial charge in [-0.15, -0.1) is 0 Å². The molecule has 2 nitrogen and oxygen atoms in total. The SMILES string of the molecule is Cc1cccc(S(=O)(=O)CC2(CBr)CC2)c1. The first kappa shape index (κ1) is 12.1. The van der Waals surface area contributed by atoms with Crippen LogP contribution >= 0.6 is 15.9 Å². The van der Waals surface area contributed by atoms with Gasteiger partial charge in [0.25, 0.3) is 0 Å². The number of alkyl halides is 1. The van der Waals surface area contributed by atoms with Gasteiger partial charge in [-0.2, -0.15) is 0 Å². The Morgan fingerprint density at radius 3 is 2.56 bits per heavy atom. The van der Waals surface area contributed by atoms with Gasteiger partial charge in [-0.3, -0.25) is 0 Å². The van der Waals surface area contributed by atoms with Crippen LogP contribution in [-0.2, 0) is 9.84 Å². The normalized spacial score (nSPS) is 18.4. The number of aryl methyl sites for hydroxylation is 1. The van der Waals surface area contributed by atoms with Gasteiger partial charge in [0.05, 0.1) is 10.6 Å². The molecule has 0 spiro atoms. The van der Waals surface area contributed by atoms with Crippen LogP contribution < -0.4 is 0 Å². The van der Waals surface area contributed by atoms with Crippen LogP contribution in [0, 0.1) is 12.3 Å². The van der Waals surface area contributed by atoms with Crippen LogP contribution in [-0.4, -0.2) is 19.5 Å². The molecule has 1 aromatic carbocycles. The smallest absolute Gasteiger partial charge is 0.178 e. The van der Waals surface area contributed by atoms with E-state index in [2.05, 4.69) is 15.9 Å². The van der Waals surface area contributed by atoms with Crippen molar-refractivity contribution in [1.29, 1.82) is 0 Å². The molecule has 1 aliphatic rings. The zero-order valence-electron chi connectivity index (χ0n) is 9.24. The average molecular weight is 303 g/mol. The molecule has 0 aromatic heterocycles. The Morgan fingerprint density at radius 1 is 1.38 bits per heavy atom. The maximum atomic E-state index is 12.2. The molecule has 0 heterocycles. The standard InChI is InChI=1S/C12H15BrO2S/c1-10-3-2-4-11(7-10)16(14,15)9-12(8-13)5-6-12/h2-4,7H,5-6,8-9H2,1H3. The van der Waals surface area contributed by atoms with Crippen LogP contribution in [0.5, 0.6) is 0 Å². The number of hydrogen-bond acceptors (Lipinski definition) is 2. The fourth-order valence-corrected chi connectivity index (χ4v) is 4.82. The third-order valence-corrected chi connectivity index (χ3v) is 6.24. The summed E-state index contributed by atoms with van der Waals surface area (Å²) in [6.45, 7) is 1.91. The van der Waals surface area contributed by atoms with E-state index < -0.39 is 9.84 Å². The van der Waals surface area contributed by atoms with Crippen molar-refractivity contribution in [3.63, 3.8) is 0 Å². The lowest BCUT2D eigenvalue weighted by atomic mass is 10.2. The Morgan fingerprint density at radius 2 is 2.06 bits per heavy atom. The number of rotatable bonds is 4. The molecule has 1 aromatic rings. The van der Waals surface area contributed by atoms with Gasteiger partial charge in [0.1, 0.15) is 0 Å². The maximum Gasteiger partial charge on any atom is 0.178 e. The van der Waals surface area contributed by atoms with E-state index in [1.54, 1.807) is 18.2 Å². The van der Waals surface area contributed by atoms with Crippen molar-refractivity contribution < 1.29 is 8.42 Å². The van der Waals surface area contributed by atoms with Gasteiger partial charge in [-0.05, 0) is 42.9 Å². The summed E-state index contributed by atoms with van der Waals surface area (Å²) in [7, 11) is -3.12. The van der Waals surface area contributed by atoms with Crippen LogP contribution in [0.3, 0.4) is 0 Å². The first-order chi connectivity index (χ1) is 7.47. The van der Waals surface area contributed by atoms with Crippen LogP contribution in [0.1, 0.15) is 18.4 Å². The molecule has 0 bridgehead atoms. The third kappa shape index (κ3) is 2.48. The summed E-state index contributed by atoms with van der Waals surface area (Å²) < 4.78 is 24.4. The lowest BCUT2D eigenvalue weighted by Gasteiger charge is -2.12. The van der Waals surface area contributed by atoms with Crippen LogP contribution in [0.25, 0.3) is 0 Å². The summed E-state index contributed by atoms with van der Waals surface area (Å²) in [6.07, 6.45) is 2.03. The Hall–Kier alpha value is -0.350. The van der Waals surface area contributed by atoms with E-state index in [9.17, 15) is 8.42 Å². The van der Waals surface area contributed by atoms with E-state index in [0.29, 0.717) is 4.90 Å². The summed E-state index contributed by atoms with van der Waals surface area (Å²) in [5.41, 5.74) is 0.993. The Kier molecular flexibility index (Phi) is 3.14. The summed E-state index contributed by atoms with van der Waals surface area (Å²) in [6, 6.07) is 7.15. The highest BCUT2D eigenvalue weighted by Gasteiger charge is 2.45. The fraction of sp³-hybridized carbons (Fsp3) is 0.500. The first-order valence-corrected chi connectivity index (χ1v) is 8.10. The summed E-state index contributed by atoms with van der Waals surface area (Å²) in [5.74, 6) is 0.273. The van der Waals surface area contributed by atoms with Crippen LogP contribution in [0.4, 0.5) is 0 Å². The monoisotopic (exact) mass is 302 g/mol. The molecule has 1 saturated carbocycles. The first-order valence-electron chi connectivity index (χ1n) is 5.33. The Labute approximate surface area is 105 Å². The zero-order valence-corrected chi connectivity index (χ0v) is 11.6. The molecular formula is C12H15BrO2S. The Balaban J connectivity index is 2.26. The molecule has 4 heteroatoms. The van der Waals surface area contributed by atoms with Crippen molar-refractivity contribution in [2.75, 3.05) is 11.1 Å². The lowest BCUT2D eigenvalue weighted by Crippen LogP contribution is -2.18. The van der Waals surface area contributed by atoms with E-state index in [0.717, 1.165) is 23.7 Å².